The Balaban J connectivity index is 1.66. The molecule has 27 heavy (non-hydrogen) atoms. The summed E-state index contributed by atoms with van der Waals surface area (Å²) in [5, 5.41) is 14.9. The van der Waals surface area contributed by atoms with E-state index in [0.717, 1.165) is 15.8 Å². The number of anilines is 1. The fourth-order valence-corrected chi connectivity index (χ4v) is 3.20. The molecule has 1 atom stereocenters. The van der Waals surface area contributed by atoms with E-state index < -0.39 is 11.9 Å². The minimum absolute atomic E-state index is 0.115. The first-order valence-corrected chi connectivity index (χ1v) is 9.10. The number of hydrogen-bond acceptors (Lipinski definition) is 7. The maximum absolute atomic E-state index is 12.4. The zero-order chi connectivity index (χ0) is 19.4. The molecule has 0 bridgehead atoms. The molecular weight excluding hydrogens is 366 g/mol. The van der Waals surface area contributed by atoms with Gasteiger partial charge in [-0.1, -0.05) is 23.5 Å². The number of nitrogens with one attached hydrogen (secondary N) is 2. The van der Waals surface area contributed by atoms with Gasteiger partial charge >= 0.3 is 0 Å². The van der Waals surface area contributed by atoms with Crippen molar-refractivity contribution < 1.29 is 14.7 Å². The average Bonchev–Trinajstić information content (AvgIpc) is 3.05. The lowest BCUT2D eigenvalue weighted by atomic mass is 10.2. The van der Waals surface area contributed by atoms with Crippen LogP contribution in [0.2, 0.25) is 0 Å². The number of aliphatic hydroxyl groups excluding tert-OH is 1. The first-order valence-electron chi connectivity index (χ1n) is 8.28. The van der Waals surface area contributed by atoms with Crippen molar-refractivity contribution in [3.63, 3.8) is 0 Å². The molecule has 8 nitrogen and oxygen atoms in total. The van der Waals surface area contributed by atoms with Crippen molar-refractivity contribution in [3.05, 3.63) is 53.3 Å². The number of benzene rings is 1. The summed E-state index contributed by atoms with van der Waals surface area (Å²) in [6.07, 6.45) is 0. The summed E-state index contributed by atoms with van der Waals surface area (Å²) >= 11 is 1.39. The van der Waals surface area contributed by atoms with Gasteiger partial charge in [0, 0.05) is 12.6 Å². The second-order valence-electron chi connectivity index (χ2n) is 6.00. The van der Waals surface area contributed by atoms with Crippen LogP contribution in [0.3, 0.4) is 0 Å². The van der Waals surface area contributed by atoms with Crippen LogP contribution in [-0.2, 0) is 6.54 Å². The Bertz CT molecular complexity index is 988. The first kappa shape index (κ1) is 18.7. The summed E-state index contributed by atoms with van der Waals surface area (Å²) in [6.45, 7) is 1.80. The van der Waals surface area contributed by atoms with E-state index >= 15 is 0 Å². The van der Waals surface area contributed by atoms with Gasteiger partial charge in [-0.25, -0.2) is 9.97 Å². The Kier molecular flexibility index (Phi) is 5.63. The number of rotatable bonds is 6. The fourth-order valence-electron chi connectivity index (χ4n) is 2.40. The molecule has 0 aliphatic rings. The molecule has 9 heteroatoms. The monoisotopic (exact) mass is 385 g/mol. The van der Waals surface area contributed by atoms with Crippen LogP contribution in [0.5, 0.6) is 0 Å². The molecule has 0 fully saturated rings. The van der Waals surface area contributed by atoms with Gasteiger partial charge in [0.25, 0.3) is 11.8 Å². The van der Waals surface area contributed by atoms with E-state index in [4.69, 9.17) is 10.8 Å². The van der Waals surface area contributed by atoms with Gasteiger partial charge in [0.2, 0.25) is 0 Å². The van der Waals surface area contributed by atoms with Gasteiger partial charge in [0.1, 0.15) is 11.4 Å². The maximum Gasteiger partial charge on any atom is 0.270 e. The number of hydrogen-bond donors (Lipinski definition) is 4. The molecule has 0 spiro atoms. The Morgan fingerprint density at radius 2 is 1.93 bits per heavy atom. The first-order chi connectivity index (χ1) is 13.0. The third-order valence-electron chi connectivity index (χ3n) is 3.79. The number of carbonyl (C=O) groups is 2. The van der Waals surface area contributed by atoms with E-state index in [0.29, 0.717) is 11.7 Å². The van der Waals surface area contributed by atoms with E-state index in [1.165, 1.54) is 23.5 Å². The highest BCUT2D eigenvalue weighted by atomic mass is 32.1. The van der Waals surface area contributed by atoms with E-state index in [2.05, 4.69) is 20.6 Å². The predicted octanol–water partition coefficient (Wildman–Crippen LogP) is 1.31. The molecule has 5 N–H and O–H groups in total. The van der Waals surface area contributed by atoms with Crippen LogP contribution in [0.25, 0.3) is 10.2 Å². The zero-order valence-corrected chi connectivity index (χ0v) is 15.4. The van der Waals surface area contributed by atoms with Crippen molar-refractivity contribution in [2.24, 2.45) is 0 Å². The molecular formula is C18H19N5O3S. The van der Waals surface area contributed by atoms with Crippen LogP contribution in [-0.4, -0.2) is 39.5 Å². The molecule has 0 aliphatic heterocycles. The van der Waals surface area contributed by atoms with Crippen molar-refractivity contribution in [2.45, 2.75) is 19.5 Å². The standard InChI is InChI=1S/C18H19N5O3S/c1-10(9-24)21-17(26)14-4-2-3-13(22-14)16(25)20-8-11-5-6-12-15(7-11)27-18(19)23-12/h2-7,10,24H,8-9H2,1H3,(H2,19,23)(H,20,25)(H,21,26)/t10-/m0/s1. The van der Waals surface area contributed by atoms with Crippen molar-refractivity contribution in [3.8, 4) is 0 Å². The number of aromatic nitrogens is 2. The van der Waals surface area contributed by atoms with Crippen LogP contribution in [0.4, 0.5) is 5.13 Å². The molecule has 2 heterocycles. The highest BCUT2D eigenvalue weighted by molar-refractivity contribution is 7.22. The number of nitrogens with two attached hydrogens (primary N) is 1. The molecule has 0 radical (unpaired) electrons. The van der Waals surface area contributed by atoms with Crippen LogP contribution in [0.15, 0.2) is 36.4 Å². The highest BCUT2D eigenvalue weighted by Crippen LogP contribution is 2.24. The molecule has 2 amide bonds. The number of pyridine rings is 1. The van der Waals surface area contributed by atoms with Crippen LogP contribution in [0, 0.1) is 0 Å². The van der Waals surface area contributed by atoms with E-state index in [-0.39, 0.29) is 23.9 Å². The second kappa shape index (κ2) is 8.11. The third kappa shape index (κ3) is 4.57. The van der Waals surface area contributed by atoms with Gasteiger partial charge in [-0.15, -0.1) is 0 Å². The number of carbonyl (C=O) groups excluding carboxylic acids is 2. The zero-order valence-electron chi connectivity index (χ0n) is 14.6. The number of aliphatic hydroxyl groups is 1. The van der Waals surface area contributed by atoms with E-state index in [1.807, 2.05) is 18.2 Å². The lowest BCUT2D eigenvalue weighted by molar-refractivity contribution is 0.0916. The Hall–Kier alpha value is -3.04. The van der Waals surface area contributed by atoms with Gasteiger partial charge in [-0.3, -0.25) is 9.59 Å². The average molecular weight is 385 g/mol. The SMILES string of the molecule is C[C@@H](CO)NC(=O)c1cccc(C(=O)NCc2ccc3nc(N)sc3c2)n1. The lowest BCUT2D eigenvalue weighted by Crippen LogP contribution is -2.35. The third-order valence-corrected chi connectivity index (χ3v) is 4.64. The fraction of sp³-hybridized carbons (Fsp3) is 0.222. The summed E-state index contributed by atoms with van der Waals surface area (Å²) in [6, 6.07) is 9.90. The summed E-state index contributed by atoms with van der Waals surface area (Å²) in [5.41, 5.74) is 7.69. The van der Waals surface area contributed by atoms with Gasteiger partial charge in [-0.2, -0.15) is 0 Å². The maximum atomic E-state index is 12.4. The second-order valence-corrected chi connectivity index (χ2v) is 7.06. The smallest absolute Gasteiger partial charge is 0.270 e. The highest BCUT2D eigenvalue weighted by Gasteiger charge is 2.14. The molecule has 0 saturated carbocycles. The molecule has 0 aliphatic carbocycles. The Morgan fingerprint density at radius 1 is 1.19 bits per heavy atom. The van der Waals surface area contributed by atoms with Gasteiger partial charge in [0.15, 0.2) is 5.13 Å². The molecule has 1 aromatic carbocycles. The molecule has 0 unspecified atom stereocenters. The van der Waals surface area contributed by atoms with Crippen molar-refractivity contribution in [2.75, 3.05) is 12.3 Å². The number of thiazole rings is 1. The van der Waals surface area contributed by atoms with Gasteiger partial charge < -0.3 is 21.5 Å². The molecule has 140 valence electrons. The molecule has 0 saturated heterocycles. The summed E-state index contributed by atoms with van der Waals surface area (Å²) in [7, 11) is 0. The minimum atomic E-state index is -0.445. The van der Waals surface area contributed by atoms with Crippen molar-refractivity contribution in [1.29, 1.82) is 0 Å². The molecule has 3 rings (SSSR count). The number of nitrogens with zero attached hydrogens (tertiary/aromatic N) is 2. The van der Waals surface area contributed by atoms with Crippen molar-refractivity contribution in [1.82, 2.24) is 20.6 Å². The number of nitrogen functional groups attached to an aromatic ring is 1. The Labute approximate surface area is 159 Å². The summed E-state index contributed by atoms with van der Waals surface area (Å²) < 4.78 is 0.953. The molecule has 2 aromatic heterocycles. The lowest BCUT2D eigenvalue weighted by Gasteiger charge is -2.11. The van der Waals surface area contributed by atoms with Crippen molar-refractivity contribution >= 4 is 38.5 Å². The number of amides is 2. The van der Waals surface area contributed by atoms with Gasteiger partial charge in [0.05, 0.1) is 16.8 Å². The predicted molar refractivity (Wildman–Crippen MR) is 103 cm³/mol. The normalized spacial score (nSPS) is 11.9. The summed E-state index contributed by atoms with van der Waals surface area (Å²) in [5.74, 6) is -0.830. The van der Waals surface area contributed by atoms with E-state index in [9.17, 15) is 9.59 Å². The molecule has 3 aromatic rings. The Morgan fingerprint density at radius 3 is 2.67 bits per heavy atom. The largest absolute Gasteiger partial charge is 0.394 e. The number of fused-ring (bicyclic) bond motifs is 1. The van der Waals surface area contributed by atoms with Crippen LogP contribution in [0.1, 0.15) is 33.5 Å². The topological polar surface area (TPSA) is 130 Å². The summed E-state index contributed by atoms with van der Waals surface area (Å²) in [4.78, 5) is 32.7. The minimum Gasteiger partial charge on any atom is -0.394 e. The van der Waals surface area contributed by atoms with Crippen LogP contribution < -0.4 is 16.4 Å². The van der Waals surface area contributed by atoms with Gasteiger partial charge in [-0.05, 0) is 36.8 Å². The van der Waals surface area contributed by atoms with Crippen LogP contribution >= 0.6 is 11.3 Å². The van der Waals surface area contributed by atoms with E-state index in [1.54, 1.807) is 13.0 Å². The quantitative estimate of drug-likeness (QED) is 0.506.